The Balaban J connectivity index is 0.000000839. The van der Waals surface area contributed by atoms with Gasteiger partial charge in [0.2, 0.25) is 5.52 Å². The van der Waals surface area contributed by atoms with Crippen molar-refractivity contribution in [2.45, 2.75) is 38.1 Å². The van der Waals surface area contributed by atoms with Crippen LogP contribution in [0.4, 0.5) is 17.1 Å². The van der Waals surface area contributed by atoms with Crippen molar-refractivity contribution in [3.05, 3.63) is 152 Å². The summed E-state index contributed by atoms with van der Waals surface area (Å²) >= 11 is 16.4. The van der Waals surface area contributed by atoms with E-state index in [0.717, 1.165) is 47.4 Å². The fourth-order valence-corrected chi connectivity index (χ4v) is 8.83. The van der Waals surface area contributed by atoms with Gasteiger partial charge in [-0.2, -0.15) is 4.57 Å². The third-order valence-electron chi connectivity index (χ3n) is 8.40. The Bertz CT molecular complexity index is 2100. The van der Waals surface area contributed by atoms with Gasteiger partial charge in [0.05, 0.1) is 16.4 Å². The molecule has 51 heavy (non-hydrogen) atoms. The van der Waals surface area contributed by atoms with E-state index in [4.69, 9.17) is 41.8 Å². The van der Waals surface area contributed by atoms with Crippen LogP contribution >= 0.6 is 46.3 Å². The van der Waals surface area contributed by atoms with Crippen molar-refractivity contribution < 1.29 is 33.4 Å². The number of aryl methyl sites for hydroxylation is 1. The van der Waals surface area contributed by atoms with E-state index in [0.29, 0.717) is 0 Å². The van der Waals surface area contributed by atoms with Gasteiger partial charge < -0.3 is 9.80 Å². The molecule has 1 aliphatic carbocycles. The summed E-state index contributed by atoms with van der Waals surface area (Å²) in [6.07, 6.45) is 11.2. The highest BCUT2D eigenvalue weighted by Gasteiger charge is 2.28. The van der Waals surface area contributed by atoms with Crippen LogP contribution < -0.4 is 33.0 Å². The SMILES string of the molecule is CCN1/C(=C/C=C2\CCC(C=Cc3sc4ccc(Cl)cc4[n+]3CC)=C2N(c2ccccc2)c2ccccc2)Sc2ccc(Cl)cc21.[O-][Cl+3]([O-])([O-])[O-]. The Morgan fingerprint density at radius 3 is 2.06 bits per heavy atom. The summed E-state index contributed by atoms with van der Waals surface area (Å²) in [7, 11) is -4.94. The monoisotopic (exact) mass is 777 g/mol. The summed E-state index contributed by atoms with van der Waals surface area (Å²) in [5, 5.41) is 3.97. The Kier molecular flexibility index (Phi) is 11.9. The molecule has 0 N–H and O–H groups in total. The largest absolute Gasteiger partial charge is 0.335 e. The normalized spacial score (nSPS) is 16.0. The van der Waals surface area contributed by atoms with Crippen LogP contribution in [-0.2, 0) is 6.54 Å². The predicted octanol–water partition coefficient (Wildman–Crippen LogP) is 7.06. The molecule has 0 saturated carbocycles. The summed E-state index contributed by atoms with van der Waals surface area (Å²) in [5.41, 5.74) is 8.52. The van der Waals surface area contributed by atoms with Gasteiger partial charge in [-0.1, -0.05) is 88.8 Å². The van der Waals surface area contributed by atoms with Gasteiger partial charge in [-0.25, -0.2) is 18.6 Å². The third-order valence-corrected chi connectivity index (χ3v) is 11.1. The molecule has 0 radical (unpaired) electrons. The number of allylic oxidation sites excluding steroid dienone is 5. The van der Waals surface area contributed by atoms with Crippen LogP contribution in [0.1, 0.15) is 31.7 Å². The standard InChI is InChI=1S/C39H34Cl2N3S2.ClHO4/c1-3-42-33-25-29(40)19-21-35(33)45-37(42)23-17-27-15-16-28(18-24-38-43(4-2)34-26-30(41)20-22-36(34)46-38)39(27)44(31-11-7-5-8-12-31)32-13-9-6-10-14-32;2-1(3,4)5/h5-14,17-26H,3-4,15-16H2,1-2H3;(H,2,3,4,5)/q+1;/p-1. The molecule has 2 heterocycles. The predicted molar refractivity (Wildman–Crippen MR) is 200 cm³/mol. The molecule has 0 amide bonds. The summed E-state index contributed by atoms with van der Waals surface area (Å²) in [5.74, 6) is 0. The van der Waals surface area contributed by atoms with E-state index in [1.807, 2.05) is 35.2 Å². The van der Waals surface area contributed by atoms with Crippen LogP contribution in [0.5, 0.6) is 0 Å². The highest BCUT2D eigenvalue weighted by molar-refractivity contribution is 8.03. The van der Waals surface area contributed by atoms with E-state index in [2.05, 4.69) is 137 Å². The Labute approximate surface area is 318 Å². The lowest BCUT2D eigenvalue weighted by atomic mass is 10.1. The molecular formula is C39H34Cl3N3O4S2. The summed E-state index contributed by atoms with van der Waals surface area (Å²) in [6, 6.07) is 33.8. The van der Waals surface area contributed by atoms with Crippen molar-refractivity contribution in [3.8, 4) is 0 Å². The van der Waals surface area contributed by atoms with Gasteiger partial charge in [-0.3, -0.25) is 0 Å². The second-order valence-electron chi connectivity index (χ2n) is 11.5. The number of anilines is 3. The van der Waals surface area contributed by atoms with E-state index in [1.54, 1.807) is 0 Å². The molecule has 0 unspecified atom stereocenters. The minimum atomic E-state index is -4.94. The van der Waals surface area contributed by atoms with Crippen LogP contribution in [-0.4, -0.2) is 6.54 Å². The molecule has 0 saturated heterocycles. The molecule has 7 nitrogen and oxygen atoms in total. The zero-order valence-electron chi connectivity index (χ0n) is 27.8. The van der Waals surface area contributed by atoms with Crippen LogP contribution in [0.2, 0.25) is 10.0 Å². The van der Waals surface area contributed by atoms with Gasteiger partial charge in [0.15, 0.2) is 0 Å². The lowest BCUT2D eigenvalue weighted by molar-refractivity contribution is -2.00. The maximum Gasteiger partial charge on any atom is 0.262 e. The van der Waals surface area contributed by atoms with Crippen molar-refractivity contribution in [1.29, 1.82) is 0 Å². The van der Waals surface area contributed by atoms with E-state index in [1.165, 1.54) is 47.7 Å². The number of halogens is 3. The first kappa shape index (κ1) is 37.2. The molecule has 7 rings (SSSR count). The molecule has 0 bridgehead atoms. The highest BCUT2D eigenvalue weighted by atomic mass is 35.7. The van der Waals surface area contributed by atoms with Crippen LogP contribution in [0, 0.1) is 10.2 Å². The third kappa shape index (κ3) is 8.89. The Morgan fingerprint density at radius 1 is 0.804 bits per heavy atom. The van der Waals surface area contributed by atoms with E-state index >= 15 is 0 Å². The molecule has 0 atom stereocenters. The minimum Gasteiger partial charge on any atom is -0.335 e. The number of benzene rings is 4. The van der Waals surface area contributed by atoms with E-state index in [-0.39, 0.29) is 0 Å². The van der Waals surface area contributed by atoms with Crippen molar-refractivity contribution >= 4 is 79.7 Å². The molecular weight excluding hydrogens is 745 g/mol. The molecule has 0 fully saturated rings. The van der Waals surface area contributed by atoms with Crippen LogP contribution in [0.25, 0.3) is 16.3 Å². The second kappa shape index (κ2) is 16.4. The molecule has 4 aromatic carbocycles. The number of para-hydroxylation sites is 2. The van der Waals surface area contributed by atoms with Gasteiger partial charge in [-0.05, 0) is 105 Å². The number of hydrogen-bond acceptors (Lipinski definition) is 8. The summed E-state index contributed by atoms with van der Waals surface area (Å²) < 4.78 is 37.6. The highest BCUT2D eigenvalue weighted by Crippen LogP contribution is 2.47. The number of fused-ring (bicyclic) bond motifs is 2. The minimum absolute atomic E-state index is 0.766. The summed E-state index contributed by atoms with van der Waals surface area (Å²) in [4.78, 5) is 6.01. The summed E-state index contributed by atoms with van der Waals surface area (Å²) in [6.45, 7) is 6.14. The van der Waals surface area contributed by atoms with E-state index in [9.17, 15) is 0 Å². The van der Waals surface area contributed by atoms with Crippen molar-refractivity contribution in [2.24, 2.45) is 0 Å². The molecule has 0 spiro atoms. The second-order valence-corrected chi connectivity index (χ2v) is 15.3. The Hall–Kier alpha value is -3.61. The molecule has 1 aliphatic heterocycles. The fraction of sp³-hybridized carbons (Fsp3) is 0.154. The first-order valence-corrected chi connectivity index (χ1v) is 19.9. The number of thiazole rings is 1. The molecule has 5 aromatic rings. The van der Waals surface area contributed by atoms with Crippen LogP contribution in [0.3, 0.4) is 0 Å². The van der Waals surface area contributed by atoms with Gasteiger partial charge >= 0.3 is 0 Å². The number of rotatable bonds is 8. The van der Waals surface area contributed by atoms with Gasteiger partial charge in [0, 0.05) is 45.0 Å². The number of thioether (sulfide) groups is 1. The number of hydrogen-bond donors (Lipinski definition) is 0. The molecule has 2 aliphatic rings. The van der Waals surface area contributed by atoms with Crippen LogP contribution in [0.15, 0.2) is 142 Å². The average Bonchev–Trinajstić information content (AvgIpc) is 3.78. The van der Waals surface area contributed by atoms with E-state index < -0.39 is 10.2 Å². The molecule has 12 heteroatoms. The fourth-order valence-electron chi connectivity index (χ4n) is 6.28. The number of nitrogens with zero attached hydrogens (tertiary/aromatic N) is 3. The van der Waals surface area contributed by atoms with Gasteiger partial charge in [-0.15, -0.1) is 10.2 Å². The lowest BCUT2D eigenvalue weighted by Crippen LogP contribution is -2.68. The zero-order valence-corrected chi connectivity index (χ0v) is 31.7. The molecule has 262 valence electrons. The van der Waals surface area contributed by atoms with Crippen molar-refractivity contribution in [3.63, 3.8) is 0 Å². The maximum absolute atomic E-state index is 8.49. The van der Waals surface area contributed by atoms with Crippen molar-refractivity contribution in [1.82, 2.24) is 0 Å². The average molecular weight is 779 g/mol. The lowest BCUT2D eigenvalue weighted by Gasteiger charge is -2.28. The first-order chi connectivity index (χ1) is 24.5. The first-order valence-electron chi connectivity index (χ1n) is 16.2. The zero-order chi connectivity index (χ0) is 36.1. The topological polar surface area (TPSA) is 103 Å². The quantitative estimate of drug-likeness (QED) is 0.156. The molecule has 1 aromatic heterocycles. The van der Waals surface area contributed by atoms with Crippen molar-refractivity contribution in [2.75, 3.05) is 16.3 Å². The van der Waals surface area contributed by atoms with Gasteiger partial charge in [0.25, 0.3) is 5.01 Å². The van der Waals surface area contributed by atoms with Gasteiger partial charge in [0.1, 0.15) is 11.2 Å². The Morgan fingerprint density at radius 2 is 1.43 bits per heavy atom. The number of aromatic nitrogens is 1. The maximum atomic E-state index is 8.49. The smallest absolute Gasteiger partial charge is 0.262 e.